The Bertz CT molecular complexity index is 1160. The lowest BCUT2D eigenvalue weighted by molar-refractivity contribution is -0.950. The van der Waals surface area contributed by atoms with Gasteiger partial charge in [0.1, 0.15) is 6.54 Å². The van der Waals surface area contributed by atoms with Gasteiger partial charge in [-0.05, 0) is 36.8 Å². The molecule has 2 aromatic rings. The van der Waals surface area contributed by atoms with Crippen LogP contribution in [0.15, 0.2) is 42.5 Å². The van der Waals surface area contributed by atoms with Gasteiger partial charge in [0.25, 0.3) is 5.91 Å². The van der Waals surface area contributed by atoms with Gasteiger partial charge in [-0.3, -0.25) is 9.59 Å². The topological polar surface area (TPSA) is 92.7 Å². The lowest BCUT2D eigenvalue weighted by Crippen LogP contribution is -2.79. The van der Waals surface area contributed by atoms with E-state index >= 15 is 0 Å². The Kier molecular flexibility index (Phi) is 8.22. The molecule has 2 atom stereocenters. The van der Waals surface area contributed by atoms with E-state index in [1.165, 1.54) is 0 Å². The molecule has 2 unspecified atom stereocenters. The molecule has 2 amide bonds. The van der Waals surface area contributed by atoms with E-state index in [1.54, 1.807) is 31.2 Å². The number of amides is 2. The van der Waals surface area contributed by atoms with Gasteiger partial charge >= 0.3 is 18.2 Å². The quantitative estimate of drug-likeness (QED) is 0.328. The number of alkyl halides is 3. The van der Waals surface area contributed by atoms with Crippen molar-refractivity contribution in [2.45, 2.75) is 44.4 Å². The highest BCUT2D eigenvalue weighted by molar-refractivity contribution is 6.32. The van der Waals surface area contributed by atoms with Crippen molar-refractivity contribution in [3.63, 3.8) is 0 Å². The zero-order chi connectivity index (χ0) is 26.7. The number of likely N-dealkylation sites (tertiary alicyclic amines) is 1. The molecule has 0 saturated carbocycles. The van der Waals surface area contributed by atoms with E-state index in [4.69, 9.17) is 33.0 Å². The van der Waals surface area contributed by atoms with Gasteiger partial charge in [-0.15, -0.1) is 0 Å². The smallest absolute Gasteiger partial charge is 0.481 e. The lowest BCUT2D eigenvalue weighted by Gasteiger charge is -2.54. The van der Waals surface area contributed by atoms with E-state index in [2.05, 4.69) is 5.32 Å². The summed E-state index contributed by atoms with van der Waals surface area (Å²) in [6.07, 6.45) is -5.28. The van der Waals surface area contributed by atoms with Crippen LogP contribution in [0.3, 0.4) is 0 Å². The van der Waals surface area contributed by atoms with Crippen LogP contribution in [0.1, 0.15) is 37.3 Å². The normalized spacial score (nSPS) is 21.4. The minimum atomic E-state index is -4.68. The number of rotatable bonds is 8. The van der Waals surface area contributed by atoms with Crippen molar-refractivity contribution >= 4 is 41.2 Å². The Morgan fingerprint density at radius 1 is 1.14 bits per heavy atom. The number of hydrogen-bond acceptors (Lipinski definition) is 4. The van der Waals surface area contributed by atoms with E-state index in [0.29, 0.717) is 16.7 Å². The average Bonchev–Trinajstić information content (AvgIpc) is 2.80. The Morgan fingerprint density at radius 3 is 2.36 bits per heavy atom. The Balaban J connectivity index is 1.92. The van der Waals surface area contributed by atoms with Crippen LogP contribution >= 0.6 is 23.2 Å². The maximum absolute atomic E-state index is 13.6. The summed E-state index contributed by atoms with van der Waals surface area (Å²) in [6, 6.07) is 8.99. The first-order valence-electron chi connectivity index (χ1n) is 11.0. The molecular weight excluding hydrogens is 524 g/mol. The van der Waals surface area contributed by atoms with Crippen LogP contribution in [0.2, 0.25) is 10.0 Å². The fourth-order valence-electron chi connectivity index (χ4n) is 4.11. The molecule has 1 fully saturated rings. The lowest BCUT2D eigenvalue weighted by atomic mass is 9.81. The molecule has 1 saturated heterocycles. The van der Waals surface area contributed by atoms with Gasteiger partial charge in [0.15, 0.2) is 11.3 Å². The molecule has 1 heterocycles. The summed E-state index contributed by atoms with van der Waals surface area (Å²) >= 11 is 12.0. The highest BCUT2D eigenvalue weighted by atomic mass is 35.5. The van der Waals surface area contributed by atoms with Crippen molar-refractivity contribution in [1.82, 2.24) is 5.32 Å². The van der Waals surface area contributed by atoms with Crippen molar-refractivity contribution in [3.05, 3.63) is 63.6 Å². The molecule has 0 aromatic heterocycles. The number of aliphatic carboxylic acids is 1. The second-order valence-electron chi connectivity index (χ2n) is 8.76. The highest BCUT2D eigenvalue weighted by Gasteiger charge is 2.67. The summed E-state index contributed by atoms with van der Waals surface area (Å²) in [5.41, 5.74) is -1.72. The minimum absolute atomic E-state index is 0.00558. The monoisotopic (exact) mass is 547 g/mol. The number of carbonyl (C=O) groups is 3. The predicted octanol–water partition coefficient (Wildman–Crippen LogP) is 5.67. The Labute approximate surface area is 215 Å². The number of carboxylic acid groups (broad SMARTS) is 1. The zero-order valence-electron chi connectivity index (χ0n) is 19.2. The van der Waals surface area contributed by atoms with Crippen molar-refractivity contribution in [1.29, 1.82) is 0 Å². The summed E-state index contributed by atoms with van der Waals surface area (Å²) in [4.78, 5) is 37.5. The van der Waals surface area contributed by atoms with E-state index in [0.717, 1.165) is 12.1 Å². The van der Waals surface area contributed by atoms with Gasteiger partial charge in [0.2, 0.25) is 0 Å². The number of ether oxygens (including phenoxy) is 1. The van der Waals surface area contributed by atoms with Crippen LogP contribution in [0.25, 0.3) is 0 Å². The molecule has 0 bridgehead atoms. The van der Waals surface area contributed by atoms with Crippen LogP contribution in [0.5, 0.6) is 5.75 Å². The third-order valence-electron chi connectivity index (χ3n) is 6.44. The number of benzene rings is 2. The van der Waals surface area contributed by atoms with E-state index in [1.807, 2.05) is 0 Å². The average molecular weight is 548 g/mol. The summed E-state index contributed by atoms with van der Waals surface area (Å²) < 4.78 is 44.5. The molecule has 194 valence electrons. The first-order valence-corrected chi connectivity index (χ1v) is 11.7. The molecule has 2 N–H and O–H groups in total. The molecule has 36 heavy (non-hydrogen) atoms. The standard InChI is InChI=1S/C24H23Cl2F3N2O5/c1-23(21(34)30-11-2-3-20(32)33)10-12-31(23,14-15-4-7-17(25)8-5-15)22(35)36-19-13-16(24(27,28)29)6-9-18(19)26/h4-9,13H,2-3,10-12,14H2,1H3,(H-,30,32,33,34)/p+1. The number of halogens is 5. The maximum atomic E-state index is 13.6. The summed E-state index contributed by atoms with van der Waals surface area (Å²) in [5.74, 6) is -1.98. The van der Waals surface area contributed by atoms with Gasteiger partial charge in [0.05, 0.1) is 23.6 Å². The zero-order valence-corrected chi connectivity index (χ0v) is 20.7. The molecule has 7 nitrogen and oxygen atoms in total. The number of quaternary nitrogens is 1. The number of carboxylic acids is 1. The first kappa shape index (κ1) is 27.8. The third-order valence-corrected chi connectivity index (χ3v) is 7.00. The van der Waals surface area contributed by atoms with Crippen LogP contribution in [-0.2, 0) is 22.3 Å². The number of nitrogens with one attached hydrogen (secondary N) is 1. The molecule has 0 spiro atoms. The molecular formula is C24H24Cl2F3N2O5+. The summed E-state index contributed by atoms with van der Waals surface area (Å²) in [6.45, 7) is 1.83. The second kappa shape index (κ2) is 10.7. The Hall–Kier alpha value is -2.82. The van der Waals surface area contributed by atoms with Gasteiger partial charge in [0, 0.05) is 30.5 Å². The number of nitrogens with zero attached hydrogens (tertiary/aromatic N) is 1. The molecule has 0 radical (unpaired) electrons. The predicted molar refractivity (Wildman–Crippen MR) is 126 cm³/mol. The fourth-order valence-corrected chi connectivity index (χ4v) is 4.39. The van der Waals surface area contributed by atoms with Crippen LogP contribution in [0.4, 0.5) is 18.0 Å². The second-order valence-corrected chi connectivity index (χ2v) is 9.61. The van der Waals surface area contributed by atoms with Crippen molar-refractivity contribution in [2.75, 3.05) is 13.1 Å². The third kappa shape index (κ3) is 5.77. The molecule has 1 aliphatic heterocycles. The van der Waals surface area contributed by atoms with E-state index < -0.39 is 45.5 Å². The van der Waals surface area contributed by atoms with Gasteiger partial charge < -0.3 is 15.2 Å². The SMILES string of the molecule is CC1(C(=O)NCCCC(=O)O)CC[N+]1(Cc1ccc(Cl)cc1)C(=O)Oc1cc(C(F)(F)F)ccc1Cl. The van der Waals surface area contributed by atoms with Crippen LogP contribution in [0, 0.1) is 0 Å². The highest BCUT2D eigenvalue weighted by Crippen LogP contribution is 2.44. The van der Waals surface area contributed by atoms with E-state index in [9.17, 15) is 27.6 Å². The molecule has 1 aliphatic rings. The Morgan fingerprint density at radius 2 is 1.81 bits per heavy atom. The molecule has 3 rings (SSSR count). The van der Waals surface area contributed by atoms with Gasteiger partial charge in [-0.2, -0.15) is 18.0 Å². The summed E-state index contributed by atoms with van der Waals surface area (Å²) in [7, 11) is 0. The van der Waals surface area contributed by atoms with Crippen molar-refractivity contribution in [2.24, 2.45) is 0 Å². The van der Waals surface area contributed by atoms with Crippen molar-refractivity contribution < 1.29 is 41.9 Å². The van der Waals surface area contributed by atoms with Crippen LogP contribution < -0.4 is 10.1 Å². The fraction of sp³-hybridized carbons (Fsp3) is 0.375. The van der Waals surface area contributed by atoms with E-state index in [-0.39, 0.29) is 43.9 Å². The van der Waals surface area contributed by atoms with Crippen LogP contribution in [-0.4, -0.2) is 46.2 Å². The van der Waals surface area contributed by atoms with Crippen molar-refractivity contribution in [3.8, 4) is 5.75 Å². The summed E-state index contributed by atoms with van der Waals surface area (Å²) in [5, 5.41) is 11.7. The molecule has 12 heteroatoms. The van der Waals surface area contributed by atoms with Gasteiger partial charge in [-0.1, -0.05) is 35.3 Å². The molecule has 0 aliphatic carbocycles. The number of carbonyl (C=O) groups excluding carboxylic acids is 2. The largest absolute Gasteiger partial charge is 0.522 e. The minimum Gasteiger partial charge on any atom is -0.481 e. The maximum Gasteiger partial charge on any atom is 0.522 e. The first-order chi connectivity index (χ1) is 16.8. The molecule has 2 aromatic carbocycles. The van der Waals surface area contributed by atoms with Gasteiger partial charge in [-0.25, -0.2) is 4.48 Å². The number of hydrogen-bond donors (Lipinski definition) is 2.